The summed E-state index contributed by atoms with van der Waals surface area (Å²) < 4.78 is 14.6. The van der Waals surface area contributed by atoms with Gasteiger partial charge in [0, 0.05) is 4.47 Å². The fourth-order valence-corrected chi connectivity index (χ4v) is 2.47. The molecule has 0 radical (unpaired) electrons. The summed E-state index contributed by atoms with van der Waals surface area (Å²) in [4.78, 5) is 4.38. The molecule has 0 aliphatic rings. The van der Waals surface area contributed by atoms with E-state index in [0.29, 0.717) is 11.3 Å². The van der Waals surface area contributed by atoms with Crippen molar-refractivity contribution in [1.82, 2.24) is 4.98 Å². The van der Waals surface area contributed by atoms with E-state index in [-0.39, 0.29) is 11.6 Å². The van der Waals surface area contributed by atoms with Crippen LogP contribution in [0.25, 0.3) is 22.3 Å². The Balaban J connectivity index is 2.29. The molecule has 0 amide bonds. The van der Waals surface area contributed by atoms with Gasteiger partial charge in [-0.15, -0.1) is 0 Å². The van der Waals surface area contributed by atoms with E-state index in [1.54, 1.807) is 19.1 Å². The van der Waals surface area contributed by atoms with Crippen molar-refractivity contribution in [2.75, 3.05) is 0 Å². The number of hydrogen-bond acceptors (Lipinski definition) is 2. The van der Waals surface area contributed by atoms with Crippen molar-refractivity contribution in [1.29, 1.82) is 0 Å². The predicted molar refractivity (Wildman–Crippen MR) is 78.5 cm³/mol. The van der Waals surface area contributed by atoms with Crippen LogP contribution in [0.3, 0.4) is 0 Å². The summed E-state index contributed by atoms with van der Waals surface area (Å²) in [6.45, 7) is 1.75. The first kappa shape index (κ1) is 13.0. The number of halogens is 2. The Morgan fingerprint density at radius 2 is 1.85 bits per heavy atom. The van der Waals surface area contributed by atoms with E-state index < -0.39 is 0 Å². The molecule has 3 rings (SSSR count). The van der Waals surface area contributed by atoms with Crippen LogP contribution in [0.4, 0.5) is 4.39 Å². The molecule has 1 aromatic heterocycles. The van der Waals surface area contributed by atoms with Crippen LogP contribution in [-0.4, -0.2) is 4.98 Å². The highest BCUT2D eigenvalue weighted by Gasteiger charge is 2.17. The van der Waals surface area contributed by atoms with Crippen molar-refractivity contribution in [3.8, 4) is 11.4 Å². The molecule has 0 saturated heterocycles. The number of aromatic nitrogens is 2. The fraction of sp³-hybridized carbons (Fsp3) is 0.0667. The minimum absolute atomic E-state index is 0.275. The van der Waals surface area contributed by atoms with Crippen LogP contribution in [0, 0.1) is 17.9 Å². The topological polar surface area (TPSA) is 39.8 Å². The minimum Gasteiger partial charge on any atom is -0.710 e. The normalized spacial score (nSPS) is 10.9. The molecule has 2 aromatic carbocycles. The molecule has 0 saturated carbocycles. The molecule has 0 aliphatic carbocycles. The first-order valence-electron chi connectivity index (χ1n) is 6.01. The van der Waals surface area contributed by atoms with E-state index in [1.807, 2.05) is 18.2 Å². The predicted octanol–water partition coefficient (Wildman–Crippen LogP) is 3.75. The number of hydrogen-bond donors (Lipinski definition) is 0. The smallest absolute Gasteiger partial charge is 0.334 e. The Labute approximate surface area is 123 Å². The number of nitrogens with zero attached hydrogens (tertiary/aromatic N) is 2. The molecule has 3 nitrogen and oxygen atoms in total. The second-order valence-corrected chi connectivity index (χ2v) is 5.40. The van der Waals surface area contributed by atoms with Crippen LogP contribution >= 0.6 is 15.9 Å². The zero-order valence-electron chi connectivity index (χ0n) is 10.6. The molecule has 0 bridgehead atoms. The van der Waals surface area contributed by atoms with Gasteiger partial charge in [0.1, 0.15) is 11.5 Å². The number of rotatable bonds is 1. The number of aryl methyl sites for hydroxylation is 1. The van der Waals surface area contributed by atoms with E-state index in [2.05, 4.69) is 20.9 Å². The molecular formula is C15H10BrFN2O. The highest BCUT2D eigenvalue weighted by Crippen LogP contribution is 2.23. The van der Waals surface area contributed by atoms with E-state index in [1.165, 1.54) is 12.1 Å². The van der Waals surface area contributed by atoms with E-state index >= 15 is 0 Å². The van der Waals surface area contributed by atoms with Gasteiger partial charge in [-0.2, -0.15) is 0 Å². The zero-order valence-corrected chi connectivity index (χ0v) is 12.2. The second-order valence-electron chi connectivity index (χ2n) is 4.48. The Morgan fingerprint density at radius 3 is 2.55 bits per heavy atom. The highest BCUT2D eigenvalue weighted by molar-refractivity contribution is 9.10. The van der Waals surface area contributed by atoms with Crippen molar-refractivity contribution in [3.63, 3.8) is 0 Å². The molecule has 5 heteroatoms. The Kier molecular flexibility index (Phi) is 3.14. The van der Waals surface area contributed by atoms with Crippen molar-refractivity contribution >= 4 is 26.8 Å². The summed E-state index contributed by atoms with van der Waals surface area (Å²) in [7, 11) is 0. The zero-order chi connectivity index (χ0) is 14.3. The minimum atomic E-state index is -0.340. The fourth-order valence-electron chi connectivity index (χ4n) is 2.10. The molecule has 0 fully saturated rings. The van der Waals surface area contributed by atoms with Crippen LogP contribution in [0.15, 0.2) is 46.9 Å². The van der Waals surface area contributed by atoms with E-state index in [0.717, 1.165) is 20.1 Å². The van der Waals surface area contributed by atoms with Crippen LogP contribution in [0.5, 0.6) is 0 Å². The van der Waals surface area contributed by atoms with Gasteiger partial charge in [-0.25, -0.2) is 9.12 Å². The number of benzene rings is 2. The lowest BCUT2D eigenvalue weighted by atomic mass is 10.1. The average Bonchev–Trinajstić information content (AvgIpc) is 2.44. The molecule has 100 valence electrons. The lowest BCUT2D eigenvalue weighted by molar-refractivity contribution is -0.601. The molecular weight excluding hydrogens is 323 g/mol. The van der Waals surface area contributed by atoms with Gasteiger partial charge in [0.05, 0.1) is 10.9 Å². The van der Waals surface area contributed by atoms with Gasteiger partial charge < -0.3 is 5.21 Å². The quantitative estimate of drug-likeness (QED) is 0.503. The maximum atomic E-state index is 13.0. The lowest BCUT2D eigenvalue weighted by Crippen LogP contribution is -2.34. The van der Waals surface area contributed by atoms with Crippen molar-refractivity contribution in [2.45, 2.75) is 6.92 Å². The summed E-state index contributed by atoms with van der Waals surface area (Å²) in [5.41, 5.74) is 1.89. The highest BCUT2D eigenvalue weighted by atomic mass is 79.9. The average molecular weight is 333 g/mol. The maximum absolute atomic E-state index is 13.0. The standard InChI is InChI=1S/C15H10BrFN2O/c1-9-13-8-11(16)4-7-14(13)18-15(19(9)20)10-2-5-12(17)6-3-10/h2-8H,1H3. The van der Waals surface area contributed by atoms with Gasteiger partial charge in [0.15, 0.2) is 5.52 Å². The van der Waals surface area contributed by atoms with Crippen LogP contribution in [0.2, 0.25) is 0 Å². The monoisotopic (exact) mass is 332 g/mol. The van der Waals surface area contributed by atoms with Gasteiger partial charge in [0.25, 0.3) is 0 Å². The van der Waals surface area contributed by atoms with Gasteiger partial charge in [-0.3, -0.25) is 0 Å². The molecule has 0 atom stereocenters. The van der Waals surface area contributed by atoms with Gasteiger partial charge in [-0.1, -0.05) is 15.9 Å². The van der Waals surface area contributed by atoms with E-state index in [9.17, 15) is 9.60 Å². The summed E-state index contributed by atoms with van der Waals surface area (Å²) in [5, 5.41) is 13.1. The third kappa shape index (κ3) is 2.14. The second kappa shape index (κ2) is 4.83. The van der Waals surface area contributed by atoms with Gasteiger partial charge in [0.2, 0.25) is 0 Å². The van der Waals surface area contributed by atoms with E-state index in [4.69, 9.17) is 0 Å². The van der Waals surface area contributed by atoms with Crippen LogP contribution < -0.4 is 4.73 Å². The maximum Gasteiger partial charge on any atom is 0.334 e. The molecule has 0 N–H and O–H groups in total. The molecule has 3 aromatic rings. The summed E-state index contributed by atoms with van der Waals surface area (Å²) in [5.74, 6) is -0.0648. The van der Waals surface area contributed by atoms with Crippen molar-refractivity contribution in [3.05, 3.63) is 63.7 Å². The number of fused-ring (bicyclic) bond motifs is 1. The summed E-state index contributed by atoms with van der Waals surface area (Å²) >= 11 is 3.38. The SMILES string of the molecule is Cc1c2cc(Br)ccc2nc(-c2ccc(F)cc2)[n+]1[O-]. The summed E-state index contributed by atoms with van der Waals surface area (Å²) in [6, 6.07) is 11.3. The first-order chi connectivity index (χ1) is 9.56. The molecule has 0 unspecified atom stereocenters. The third-order valence-electron chi connectivity index (χ3n) is 3.17. The first-order valence-corrected chi connectivity index (χ1v) is 6.81. The third-order valence-corrected chi connectivity index (χ3v) is 3.67. The van der Waals surface area contributed by atoms with Gasteiger partial charge in [-0.05, 0) is 54.4 Å². The Bertz CT molecular complexity index is 803. The molecule has 1 heterocycles. The van der Waals surface area contributed by atoms with Crippen LogP contribution in [0.1, 0.15) is 5.69 Å². The van der Waals surface area contributed by atoms with Gasteiger partial charge >= 0.3 is 5.82 Å². The molecule has 20 heavy (non-hydrogen) atoms. The molecule has 0 spiro atoms. The van der Waals surface area contributed by atoms with Crippen LogP contribution in [-0.2, 0) is 0 Å². The molecule has 0 aliphatic heterocycles. The van der Waals surface area contributed by atoms with Crippen molar-refractivity contribution in [2.24, 2.45) is 0 Å². The lowest BCUT2D eigenvalue weighted by Gasteiger charge is -2.11. The largest absolute Gasteiger partial charge is 0.710 e. The summed E-state index contributed by atoms with van der Waals surface area (Å²) in [6.07, 6.45) is 0. The Morgan fingerprint density at radius 1 is 1.15 bits per heavy atom. The van der Waals surface area contributed by atoms with Crippen molar-refractivity contribution < 1.29 is 9.12 Å². The Hall–Kier alpha value is -2.01.